The summed E-state index contributed by atoms with van der Waals surface area (Å²) in [7, 11) is 0. The Morgan fingerprint density at radius 3 is 2.88 bits per heavy atom. The minimum absolute atomic E-state index is 0.192. The summed E-state index contributed by atoms with van der Waals surface area (Å²) in [5.74, 6) is 2.24. The van der Waals surface area contributed by atoms with Crippen LogP contribution in [0.5, 0.6) is 0 Å². The molecule has 0 radical (unpaired) electrons. The van der Waals surface area contributed by atoms with E-state index in [1.54, 1.807) is 0 Å². The van der Waals surface area contributed by atoms with Crippen LogP contribution in [0.4, 0.5) is 5.82 Å². The molecule has 1 aromatic carbocycles. The fourth-order valence-corrected chi connectivity index (χ4v) is 5.49. The first-order chi connectivity index (χ1) is 15.6. The smallest absolute Gasteiger partial charge is 0.174 e. The molecule has 1 unspecified atom stereocenters. The van der Waals surface area contributed by atoms with Gasteiger partial charge in [-0.2, -0.15) is 5.10 Å². The highest BCUT2D eigenvalue weighted by Gasteiger charge is 2.40. The summed E-state index contributed by atoms with van der Waals surface area (Å²) in [6.07, 6.45) is 3.28. The monoisotopic (exact) mass is 445 g/mol. The average Bonchev–Trinajstić information content (AvgIpc) is 3.51. The summed E-state index contributed by atoms with van der Waals surface area (Å²) >= 11 is 1.44. The van der Waals surface area contributed by atoms with Gasteiger partial charge in [0.25, 0.3) is 0 Å². The Morgan fingerprint density at radius 2 is 2.03 bits per heavy atom. The zero-order valence-electron chi connectivity index (χ0n) is 17.8. The van der Waals surface area contributed by atoms with Crippen molar-refractivity contribution in [2.45, 2.75) is 42.9 Å². The number of H-pyrrole nitrogens is 2. The predicted octanol–water partition coefficient (Wildman–Crippen LogP) is 5.48. The second-order valence-corrected chi connectivity index (χ2v) is 9.79. The normalized spacial score (nSPS) is 20.5. The fourth-order valence-electron chi connectivity index (χ4n) is 4.72. The number of hydrogen-bond donors (Lipinski definition) is 3. The van der Waals surface area contributed by atoms with Crippen molar-refractivity contribution < 1.29 is 9.21 Å². The van der Waals surface area contributed by atoms with Crippen LogP contribution in [0.2, 0.25) is 0 Å². The van der Waals surface area contributed by atoms with Crippen LogP contribution in [-0.4, -0.2) is 25.9 Å². The summed E-state index contributed by atoms with van der Waals surface area (Å²) in [5, 5.41) is 12.2. The first-order valence-electron chi connectivity index (χ1n) is 10.9. The number of benzene rings is 1. The number of imidazole rings is 1. The van der Waals surface area contributed by atoms with Gasteiger partial charge in [0.2, 0.25) is 0 Å². The zero-order valence-corrected chi connectivity index (χ0v) is 18.6. The molecule has 4 aromatic rings. The molecule has 0 spiro atoms. The minimum atomic E-state index is -0.259. The Morgan fingerprint density at radius 1 is 1.16 bits per heavy atom. The van der Waals surface area contributed by atoms with Crippen molar-refractivity contribution in [2.24, 2.45) is 11.8 Å². The number of hydrogen-bond acceptors (Lipinski definition) is 6. The molecule has 2 aliphatic rings. The Labute approximate surface area is 189 Å². The number of carbonyl (C=O) groups excluding carboxylic acids is 1. The highest BCUT2D eigenvalue weighted by atomic mass is 32.2. The van der Waals surface area contributed by atoms with E-state index >= 15 is 0 Å². The van der Waals surface area contributed by atoms with E-state index in [9.17, 15) is 4.79 Å². The third kappa shape index (κ3) is 3.17. The number of allylic oxidation sites excluding steroid dienone is 2. The maximum Gasteiger partial charge on any atom is 0.174 e. The summed E-state index contributed by atoms with van der Waals surface area (Å²) in [5.41, 5.74) is 4.64. The molecule has 1 aliphatic heterocycles. The largest absolute Gasteiger partial charge is 0.453 e. The molecule has 0 saturated heterocycles. The number of nitrogens with zero attached hydrogens (tertiary/aromatic N) is 2. The van der Waals surface area contributed by atoms with Crippen LogP contribution < -0.4 is 5.32 Å². The molecule has 1 aliphatic carbocycles. The molecule has 0 saturated carbocycles. The van der Waals surface area contributed by atoms with E-state index in [0.717, 1.165) is 56.1 Å². The van der Waals surface area contributed by atoms with Crippen LogP contribution >= 0.6 is 11.8 Å². The quantitative estimate of drug-likeness (QED) is 0.385. The number of rotatable bonds is 4. The lowest BCUT2D eigenvalue weighted by molar-refractivity contribution is -0.117. The van der Waals surface area contributed by atoms with Gasteiger partial charge in [0.15, 0.2) is 21.8 Å². The standard InChI is InChI=1S/C24H23N5O2S/c1-12(2)13-9-17-22(18(30)10-13)21(14-11-25-29-23(14)26-17)19-7-8-20(31-19)32-24-27-15-5-3-4-6-16(15)28-24/h3-8,11-13,21H,9-10H2,1-2H3,(H,27,28)(H2,25,26,29)/t13-,21?/m0/s1. The molecule has 0 bridgehead atoms. The molecule has 0 amide bonds. The van der Waals surface area contributed by atoms with E-state index in [1.807, 2.05) is 42.6 Å². The van der Waals surface area contributed by atoms with Crippen molar-refractivity contribution in [2.75, 3.05) is 5.32 Å². The van der Waals surface area contributed by atoms with Gasteiger partial charge in [-0.3, -0.25) is 9.89 Å². The van der Waals surface area contributed by atoms with Crippen LogP contribution in [0.3, 0.4) is 0 Å². The second kappa shape index (κ2) is 7.41. The Kier molecular flexibility index (Phi) is 4.50. The maximum atomic E-state index is 13.3. The lowest BCUT2D eigenvalue weighted by atomic mass is 9.73. The number of Topliss-reactive ketones (excluding diaryl/α,β-unsaturated/α-hetero) is 1. The average molecular weight is 446 g/mol. The fraction of sp³-hybridized carbons (Fsp3) is 0.292. The summed E-state index contributed by atoms with van der Waals surface area (Å²) in [4.78, 5) is 21.2. The number of furan rings is 1. The molecular weight excluding hydrogens is 422 g/mol. The Balaban J connectivity index is 1.36. The van der Waals surface area contributed by atoms with Crippen molar-refractivity contribution in [3.05, 3.63) is 65.2 Å². The number of aromatic amines is 2. The van der Waals surface area contributed by atoms with Crippen LogP contribution in [-0.2, 0) is 4.79 Å². The molecule has 3 N–H and O–H groups in total. The van der Waals surface area contributed by atoms with E-state index in [2.05, 4.69) is 39.3 Å². The second-order valence-electron chi connectivity index (χ2n) is 8.79. The molecule has 8 heteroatoms. The first-order valence-corrected chi connectivity index (χ1v) is 11.7. The highest BCUT2D eigenvalue weighted by Crippen LogP contribution is 2.47. The van der Waals surface area contributed by atoms with E-state index in [-0.39, 0.29) is 11.7 Å². The number of para-hydroxylation sites is 2. The van der Waals surface area contributed by atoms with Crippen LogP contribution in [0.1, 0.15) is 43.9 Å². The summed E-state index contributed by atoms with van der Waals surface area (Å²) in [6.45, 7) is 4.36. The van der Waals surface area contributed by atoms with E-state index in [4.69, 9.17) is 4.42 Å². The van der Waals surface area contributed by atoms with Crippen molar-refractivity contribution in [3.63, 3.8) is 0 Å². The van der Waals surface area contributed by atoms with Gasteiger partial charge in [0, 0.05) is 29.5 Å². The van der Waals surface area contributed by atoms with Gasteiger partial charge >= 0.3 is 0 Å². The number of fused-ring (bicyclic) bond motifs is 2. The van der Waals surface area contributed by atoms with Crippen molar-refractivity contribution >= 4 is 34.4 Å². The van der Waals surface area contributed by atoms with Gasteiger partial charge in [-0.1, -0.05) is 26.0 Å². The first kappa shape index (κ1) is 19.4. The van der Waals surface area contributed by atoms with Crippen molar-refractivity contribution in [1.82, 2.24) is 20.2 Å². The van der Waals surface area contributed by atoms with Gasteiger partial charge in [0.05, 0.1) is 17.0 Å². The van der Waals surface area contributed by atoms with Gasteiger partial charge in [-0.05, 0) is 54.3 Å². The van der Waals surface area contributed by atoms with Crippen LogP contribution in [0.15, 0.2) is 68.5 Å². The SMILES string of the molecule is CC(C)[C@@H]1CC(=O)C2=C(C1)Nc1n[nH]cc1C2c1ccc(Sc2nc3ccccc3[nH]2)o1. The molecular formula is C24H23N5O2S. The van der Waals surface area contributed by atoms with Crippen LogP contribution in [0.25, 0.3) is 11.0 Å². The number of carbonyl (C=O) groups is 1. The minimum Gasteiger partial charge on any atom is -0.453 e. The number of ketones is 1. The third-order valence-electron chi connectivity index (χ3n) is 6.47. The van der Waals surface area contributed by atoms with Crippen molar-refractivity contribution in [3.8, 4) is 0 Å². The van der Waals surface area contributed by atoms with Gasteiger partial charge in [-0.25, -0.2) is 4.98 Å². The maximum absolute atomic E-state index is 13.3. The van der Waals surface area contributed by atoms with E-state index in [1.165, 1.54) is 11.8 Å². The Bertz CT molecular complexity index is 1330. The molecule has 3 aromatic heterocycles. The highest BCUT2D eigenvalue weighted by molar-refractivity contribution is 7.99. The van der Waals surface area contributed by atoms with E-state index in [0.29, 0.717) is 18.3 Å². The summed E-state index contributed by atoms with van der Waals surface area (Å²) < 4.78 is 6.27. The van der Waals surface area contributed by atoms with Gasteiger partial charge in [-0.15, -0.1) is 0 Å². The lowest BCUT2D eigenvalue weighted by Gasteiger charge is -2.34. The van der Waals surface area contributed by atoms with E-state index < -0.39 is 0 Å². The predicted molar refractivity (Wildman–Crippen MR) is 123 cm³/mol. The zero-order chi connectivity index (χ0) is 21.8. The molecule has 6 rings (SSSR count). The topological polar surface area (TPSA) is 99.6 Å². The van der Waals surface area contributed by atoms with Crippen LogP contribution in [0, 0.1) is 11.8 Å². The summed E-state index contributed by atoms with van der Waals surface area (Å²) in [6, 6.07) is 11.8. The lowest BCUT2D eigenvalue weighted by Crippen LogP contribution is -2.31. The number of aromatic nitrogens is 4. The third-order valence-corrected chi connectivity index (χ3v) is 7.28. The molecule has 4 heterocycles. The van der Waals surface area contributed by atoms with Crippen molar-refractivity contribution in [1.29, 1.82) is 0 Å². The Hall–Kier alpha value is -3.26. The van der Waals surface area contributed by atoms with Gasteiger partial charge < -0.3 is 14.7 Å². The molecule has 0 fully saturated rings. The molecule has 162 valence electrons. The molecule has 2 atom stereocenters. The number of nitrogens with one attached hydrogen (secondary N) is 3. The van der Waals surface area contributed by atoms with Gasteiger partial charge in [0.1, 0.15) is 5.76 Å². The number of anilines is 1. The molecule has 7 nitrogen and oxygen atoms in total. The molecule has 32 heavy (non-hydrogen) atoms.